The van der Waals surface area contributed by atoms with Gasteiger partial charge in [0.15, 0.2) is 0 Å². The Hall–Kier alpha value is -7.28. The second kappa shape index (κ2) is 23.1. The number of nitrogens with zero attached hydrogens (tertiary/aromatic N) is 6. The fourth-order valence-electron chi connectivity index (χ4n) is 6.60. The maximum absolute atomic E-state index is 13.7. The fraction of sp³-hybridized carbons (Fsp3) is 0.364. The number of fused-ring (bicyclic) bond motifs is 2. The van der Waals surface area contributed by atoms with Crippen molar-refractivity contribution in [3.63, 3.8) is 0 Å². The van der Waals surface area contributed by atoms with Crippen molar-refractivity contribution in [3.8, 4) is 11.5 Å². The minimum Gasteiger partial charge on any atom is -0.494 e. The number of primary amides is 2. The van der Waals surface area contributed by atoms with Gasteiger partial charge in [0.25, 0.3) is 11.8 Å². The largest absolute Gasteiger partial charge is 0.494 e. The maximum Gasteiger partial charge on any atom is 0.276 e. The molecule has 0 spiro atoms. The quantitative estimate of drug-likeness (QED) is 0.0412. The summed E-state index contributed by atoms with van der Waals surface area (Å²) in [6.45, 7) is 10.6. The van der Waals surface area contributed by atoms with Gasteiger partial charge >= 0.3 is 0 Å². The van der Waals surface area contributed by atoms with E-state index in [2.05, 4.69) is 32.5 Å². The van der Waals surface area contributed by atoms with Crippen molar-refractivity contribution in [1.82, 2.24) is 19.1 Å². The first-order valence-electron chi connectivity index (χ1n) is 20.6. The Balaban J connectivity index is 1.84. The molecule has 2 heterocycles. The lowest BCUT2D eigenvalue weighted by molar-refractivity contribution is -0.111. The first-order chi connectivity index (χ1) is 30.1. The van der Waals surface area contributed by atoms with Gasteiger partial charge in [0.2, 0.25) is 23.7 Å². The standard InChI is InChI=1S/C44H59N13O6/c1-7-28(15-16-45)14-10-13-19-63-36-25-30(40(49)59)23-32-38(36)57(44(53-32)55-42(61)34(51-9-3)21-27(5)47)18-12-11-17-56-37-31(22-29(39(48)58)24-35(37)62-6)52-43(56)54-41(60)33(50-8-2)20-26(4)46/h10-13,20-25,28H,7-9,14-19,45-47H2,1-6H3,(H2,48,58)(H2,49,59)(H,52,54,60)(H,53,55,61)/b12-11+,13-10+,26-20-,27-21-,50-33?,51-34?. The number of imidazole rings is 2. The lowest BCUT2D eigenvalue weighted by Crippen LogP contribution is -2.24. The third-order valence-electron chi connectivity index (χ3n) is 9.57. The Labute approximate surface area is 366 Å². The topological polar surface area (TPSA) is 301 Å². The number of aromatic nitrogens is 4. The number of benzene rings is 2. The Morgan fingerprint density at radius 3 is 1.62 bits per heavy atom. The molecule has 4 aromatic rings. The number of ether oxygens (including phenoxy) is 2. The van der Waals surface area contributed by atoms with Gasteiger partial charge in [-0.2, -0.15) is 0 Å². The van der Waals surface area contributed by atoms with Crippen LogP contribution in [0.4, 0.5) is 11.9 Å². The van der Waals surface area contributed by atoms with Gasteiger partial charge in [-0.3, -0.25) is 39.8 Å². The molecule has 12 N–H and O–H groups in total. The molecule has 1 unspecified atom stereocenters. The molecule has 2 aromatic heterocycles. The number of hydrogen-bond donors (Lipinski definition) is 7. The molecule has 4 rings (SSSR count). The van der Waals surface area contributed by atoms with Crippen LogP contribution in [0.5, 0.6) is 11.5 Å². The molecule has 0 bridgehead atoms. The zero-order chi connectivity index (χ0) is 46.2. The lowest BCUT2D eigenvalue weighted by atomic mass is 9.98. The van der Waals surface area contributed by atoms with Crippen LogP contribution in [-0.2, 0) is 22.7 Å². The lowest BCUT2D eigenvalue weighted by Gasteiger charge is -2.13. The molecular formula is C44H59N13O6. The second-order valence-electron chi connectivity index (χ2n) is 14.5. The molecule has 0 radical (unpaired) electrons. The van der Waals surface area contributed by atoms with Gasteiger partial charge in [-0.05, 0) is 89.4 Å². The number of carbonyl (C=O) groups is 4. The molecule has 1 atom stereocenters. The number of nitrogens with two attached hydrogens (primary N) is 5. The molecule has 0 aliphatic carbocycles. The van der Waals surface area contributed by atoms with Gasteiger partial charge in [-0.1, -0.05) is 37.6 Å². The smallest absolute Gasteiger partial charge is 0.276 e. The minimum absolute atomic E-state index is 0.0883. The van der Waals surface area contributed by atoms with Crippen molar-refractivity contribution in [2.75, 3.05) is 44.0 Å². The van der Waals surface area contributed by atoms with Crippen LogP contribution in [0.15, 0.2) is 82.1 Å². The summed E-state index contributed by atoms with van der Waals surface area (Å²) in [5.41, 5.74) is 31.8. The van der Waals surface area contributed by atoms with Crippen LogP contribution >= 0.6 is 0 Å². The number of allylic oxidation sites excluding steroid dienone is 5. The number of hydrogen-bond acceptors (Lipinski definition) is 13. The van der Waals surface area contributed by atoms with Crippen molar-refractivity contribution in [3.05, 3.63) is 83.2 Å². The van der Waals surface area contributed by atoms with Gasteiger partial charge in [0, 0.05) is 48.7 Å². The van der Waals surface area contributed by atoms with Crippen molar-refractivity contribution in [1.29, 1.82) is 0 Å². The highest BCUT2D eigenvalue weighted by atomic mass is 16.5. The summed E-state index contributed by atoms with van der Waals surface area (Å²) >= 11 is 0. The number of methoxy groups -OCH3 is 1. The van der Waals surface area contributed by atoms with E-state index in [1.807, 2.05) is 18.2 Å². The van der Waals surface area contributed by atoms with Crippen molar-refractivity contribution < 1.29 is 28.7 Å². The third kappa shape index (κ3) is 12.9. The SMILES string of the molecule is CCN=C(/C=C(/C)N)C(=O)Nc1nc2cc(C(N)=O)cc(OC)c2n1C/C=C/Cn1c(NC(=O)C(/C=C(/C)N)=NCC)nc2cc(C(N)=O)cc(OC/C=C/CC(CC)CCN)c21. The van der Waals surface area contributed by atoms with Crippen molar-refractivity contribution in [2.45, 2.75) is 67.0 Å². The summed E-state index contributed by atoms with van der Waals surface area (Å²) in [6, 6.07) is 6.06. The molecule has 0 fully saturated rings. The van der Waals surface area contributed by atoms with Crippen LogP contribution < -0.4 is 48.8 Å². The number of rotatable bonds is 23. The monoisotopic (exact) mass is 865 g/mol. The van der Waals surface area contributed by atoms with Gasteiger partial charge in [0.1, 0.15) is 40.6 Å². The molecule has 4 amide bonds. The summed E-state index contributed by atoms with van der Waals surface area (Å²) in [7, 11) is 1.44. The Bertz CT molecular complexity index is 2500. The Kier molecular flexibility index (Phi) is 17.7. The highest BCUT2D eigenvalue weighted by molar-refractivity contribution is 6.47. The van der Waals surface area contributed by atoms with Crippen LogP contribution in [-0.4, -0.2) is 87.5 Å². The molecule has 0 aliphatic heterocycles. The highest BCUT2D eigenvalue weighted by Crippen LogP contribution is 2.33. The predicted octanol–water partition coefficient (Wildman–Crippen LogP) is 4.07. The van der Waals surface area contributed by atoms with Gasteiger partial charge in [-0.25, -0.2) is 9.97 Å². The minimum atomic E-state index is -0.693. The van der Waals surface area contributed by atoms with E-state index in [4.69, 9.17) is 43.1 Å². The Morgan fingerprint density at radius 2 is 1.21 bits per heavy atom. The van der Waals surface area contributed by atoms with E-state index >= 15 is 0 Å². The average molecular weight is 866 g/mol. The molecule has 336 valence electrons. The second-order valence-corrected chi connectivity index (χ2v) is 14.5. The van der Waals surface area contributed by atoms with E-state index < -0.39 is 23.6 Å². The number of aliphatic imine (C=N–C) groups is 2. The molecule has 19 heteroatoms. The maximum atomic E-state index is 13.7. The molecular weight excluding hydrogens is 807 g/mol. The molecule has 0 aliphatic rings. The first kappa shape index (κ1) is 48.4. The van der Waals surface area contributed by atoms with Crippen molar-refractivity contribution in [2.24, 2.45) is 44.6 Å². The van der Waals surface area contributed by atoms with E-state index in [0.717, 1.165) is 19.3 Å². The number of amides is 4. The summed E-state index contributed by atoms with van der Waals surface area (Å²) in [6.07, 6.45) is 13.2. The van der Waals surface area contributed by atoms with Crippen molar-refractivity contribution >= 4 is 69.0 Å². The summed E-state index contributed by atoms with van der Waals surface area (Å²) in [5, 5.41) is 5.68. The molecule has 2 aromatic carbocycles. The summed E-state index contributed by atoms with van der Waals surface area (Å²) in [5.74, 6) is -1.25. The molecule has 0 saturated carbocycles. The van der Waals surface area contributed by atoms with E-state index in [-0.39, 0.29) is 59.9 Å². The number of carbonyl (C=O) groups excluding carboxylic acids is 4. The van der Waals surface area contributed by atoms with Crippen LogP contribution in [0.25, 0.3) is 22.1 Å². The predicted molar refractivity (Wildman–Crippen MR) is 248 cm³/mol. The third-order valence-corrected chi connectivity index (χ3v) is 9.57. The van der Waals surface area contributed by atoms with E-state index in [1.165, 1.54) is 43.5 Å². The molecule has 19 nitrogen and oxygen atoms in total. The van der Waals surface area contributed by atoms with Crippen LogP contribution in [0.2, 0.25) is 0 Å². The highest BCUT2D eigenvalue weighted by Gasteiger charge is 2.23. The zero-order valence-electron chi connectivity index (χ0n) is 36.7. The van der Waals surface area contributed by atoms with E-state index in [0.29, 0.717) is 64.8 Å². The molecule has 0 saturated heterocycles. The summed E-state index contributed by atoms with van der Waals surface area (Å²) in [4.78, 5) is 69.9. The summed E-state index contributed by atoms with van der Waals surface area (Å²) < 4.78 is 15.4. The van der Waals surface area contributed by atoms with E-state index in [9.17, 15) is 19.2 Å². The molecule has 63 heavy (non-hydrogen) atoms. The fourth-order valence-corrected chi connectivity index (χ4v) is 6.60. The van der Waals surface area contributed by atoms with Gasteiger partial charge < -0.3 is 47.3 Å². The van der Waals surface area contributed by atoms with Crippen LogP contribution in [0.3, 0.4) is 0 Å². The van der Waals surface area contributed by atoms with Gasteiger partial charge in [0.05, 0.1) is 18.1 Å². The zero-order valence-corrected chi connectivity index (χ0v) is 36.7. The average Bonchev–Trinajstić information content (AvgIpc) is 3.76. The van der Waals surface area contributed by atoms with E-state index in [1.54, 1.807) is 42.9 Å². The normalized spacial score (nSPS) is 13.3. The van der Waals surface area contributed by atoms with Crippen LogP contribution in [0.1, 0.15) is 74.6 Å². The number of nitrogens with one attached hydrogen (secondary N) is 2. The van der Waals surface area contributed by atoms with Crippen LogP contribution in [0, 0.1) is 5.92 Å². The Morgan fingerprint density at radius 1 is 0.730 bits per heavy atom. The van der Waals surface area contributed by atoms with Gasteiger partial charge in [-0.15, -0.1) is 0 Å². The number of anilines is 2. The first-order valence-corrected chi connectivity index (χ1v) is 20.6.